The molecule has 0 radical (unpaired) electrons. The van der Waals surface area contributed by atoms with Crippen molar-refractivity contribution in [3.05, 3.63) is 0 Å². The first-order chi connectivity index (χ1) is 32.5. The number of hydrogen-bond donors (Lipinski definition) is 1. The van der Waals surface area contributed by atoms with Crippen LogP contribution < -0.4 is 5.32 Å². The molecule has 0 aromatic carbocycles. The summed E-state index contributed by atoms with van der Waals surface area (Å²) in [6.07, 6.45) is 61.1. The number of rotatable bonds is 56. The highest BCUT2D eigenvalue weighted by molar-refractivity contribution is 5.76. The van der Waals surface area contributed by atoms with Gasteiger partial charge in [0.15, 0.2) is 0 Å². The van der Waals surface area contributed by atoms with Gasteiger partial charge in [-0.1, -0.05) is 272 Å². The Kier molecular flexibility index (Phi) is 53.9. The van der Waals surface area contributed by atoms with E-state index >= 15 is 0 Å². The van der Waals surface area contributed by atoms with E-state index in [-0.39, 0.29) is 5.97 Å². The van der Waals surface area contributed by atoms with Crippen molar-refractivity contribution in [3.8, 4) is 0 Å². The van der Waals surface area contributed by atoms with Crippen LogP contribution in [0.2, 0.25) is 0 Å². The fourth-order valence-corrected chi connectivity index (χ4v) is 9.99. The van der Waals surface area contributed by atoms with Gasteiger partial charge >= 0.3 is 5.97 Å². The van der Waals surface area contributed by atoms with Crippen LogP contribution in [-0.4, -0.2) is 49.1 Å². The number of nitrogens with zero attached hydrogens (tertiary/aromatic N) is 1. The molecule has 0 bridgehead atoms. The molecule has 1 N–H and O–H groups in total. The molecule has 0 aromatic heterocycles. The summed E-state index contributed by atoms with van der Waals surface area (Å²) in [7, 11) is 0. The first-order valence-electron chi connectivity index (χ1n) is 30.7. The Morgan fingerprint density at radius 1 is 0.364 bits per heavy atom. The fraction of sp³-hybridized carbons (Fsp3) is 0.967. The molecule has 0 heterocycles. The Balaban J connectivity index is 4.55. The number of esters is 1. The van der Waals surface area contributed by atoms with Crippen LogP contribution in [0.15, 0.2) is 0 Å². The van der Waals surface area contributed by atoms with Gasteiger partial charge in [0.25, 0.3) is 0 Å². The maximum atomic E-state index is 13.4. The monoisotopic (exact) mass is 931 g/mol. The van der Waals surface area contributed by atoms with Crippen LogP contribution in [0.1, 0.15) is 343 Å². The molecule has 0 rings (SSSR count). The number of carbonyl (C=O) groups is 2. The Bertz CT molecular complexity index is 937. The Morgan fingerprint density at radius 2 is 0.697 bits per heavy atom. The number of nitrogens with one attached hydrogen (secondary N) is 1. The summed E-state index contributed by atoms with van der Waals surface area (Å²) >= 11 is 0. The predicted octanol–water partition coefficient (Wildman–Crippen LogP) is 19.8. The van der Waals surface area contributed by atoms with Crippen LogP contribution in [0, 0.1) is 5.92 Å². The summed E-state index contributed by atoms with van der Waals surface area (Å²) in [5.74, 6) is 1.01. The van der Waals surface area contributed by atoms with Crippen LogP contribution in [0.4, 0.5) is 0 Å². The van der Waals surface area contributed by atoms with Gasteiger partial charge in [-0.3, -0.25) is 9.59 Å². The minimum Gasteiger partial charge on any atom is -0.465 e. The Labute approximate surface area is 415 Å². The summed E-state index contributed by atoms with van der Waals surface area (Å²) in [6.45, 7) is 15.2. The third-order valence-electron chi connectivity index (χ3n) is 14.7. The lowest BCUT2D eigenvalue weighted by Crippen LogP contribution is -2.32. The van der Waals surface area contributed by atoms with Gasteiger partial charge in [-0.05, 0) is 70.3 Å². The molecule has 0 saturated carbocycles. The minimum absolute atomic E-state index is 0.0288. The van der Waals surface area contributed by atoms with E-state index < -0.39 is 0 Å². The smallest absolute Gasteiger partial charge is 0.305 e. The molecule has 5 nitrogen and oxygen atoms in total. The summed E-state index contributed by atoms with van der Waals surface area (Å²) in [5, 5.41) is 4.01. The SMILES string of the molecule is CCCCCCCCCCNC(CCCCCCCCC(=O)OCC(CCCC)CCCCCC)CCCCCCCCC(=O)N(CCCCCCCCCC)CCCCCCCCCC. The highest BCUT2D eigenvalue weighted by Gasteiger charge is 2.14. The molecule has 394 valence electrons. The first-order valence-corrected chi connectivity index (χ1v) is 30.7. The van der Waals surface area contributed by atoms with Crippen LogP contribution in [0.5, 0.6) is 0 Å². The van der Waals surface area contributed by atoms with E-state index in [9.17, 15) is 9.59 Å². The van der Waals surface area contributed by atoms with Crippen molar-refractivity contribution in [2.24, 2.45) is 5.92 Å². The normalized spacial score (nSPS) is 12.5. The second kappa shape index (κ2) is 54.8. The van der Waals surface area contributed by atoms with Crippen LogP contribution in [0.25, 0.3) is 0 Å². The average molecular weight is 932 g/mol. The van der Waals surface area contributed by atoms with Gasteiger partial charge in [0.1, 0.15) is 0 Å². The third kappa shape index (κ3) is 47.9. The van der Waals surface area contributed by atoms with E-state index in [1.165, 1.54) is 283 Å². The molecule has 2 unspecified atom stereocenters. The van der Waals surface area contributed by atoms with Crippen molar-refractivity contribution in [1.29, 1.82) is 0 Å². The zero-order valence-corrected chi connectivity index (χ0v) is 46.1. The molecule has 0 spiro atoms. The second-order valence-corrected chi connectivity index (χ2v) is 21.3. The number of ether oxygens (including phenoxy) is 1. The molecule has 0 aliphatic rings. The molecule has 0 aliphatic carbocycles. The standard InChI is InChI=1S/C61H122N2O3/c1-6-11-16-20-23-30-37-45-54-62-59(51-42-34-27-29-36-44-53-61(65)66-57-58(48-15-10-5)49-40-19-14-9-4)50-41-33-26-28-35-43-52-60(64)63(55-46-38-31-24-21-17-12-7-2)56-47-39-32-25-22-18-13-8-3/h58-59,62H,6-57H2,1-5H3. The van der Waals surface area contributed by atoms with Crippen LogP contribution >= 0.6 is 0 Å². The van der Waals surface area contributed by atoms with E-state index in [4.69, 9.17) is 4.74 Å². The highest BCUT2D eigenvalue weighted by Crippen LogP contribution is 2.20. The highest BCUT2D eigenvalue weighted by atomic mass is 16.5. The molecular weight excluding hydrogens is 809 g/mol. The van der Waals surface area contributed by atoms with Gasteiger partial charge in [0.05, 0.1) is 6.61 Å². The van der Waals surface area contributed by atoms with Crippen molar-refractivity contribution in [2.45, 2.75) is 349 Å². The zero-order chi connectivity index (χ0) is 48.1. The number of carbonyl (C=O) groups excluding carboxylic acids is 2. The van der Waals surface area contributed by atoms with Crippen molar-refractivity contribution >= 4 is 11.9 Å². The molecular formula is C61H122N2O3. The maximum absolute atomic E-state index is 13.4. The molecule has 5 heteroatoms. The molecule has 66 heavy (non-hydrogen) atoms. The average Bonchev–Trinajstić information content (AvgIpc) is 3.32. The third-order valence-corrected chi connectivity index (χ3v) is 14.7. The Morgan fingerprint density at radius 3 is 1.15 bits per heavy atom. The number of amides is 1. The van der Waals surface area contributed by atoms with E-state index in [1.807, 2.05) is 0 Å². The van der Waals surface area contributed by atoms with Gasteiger partial charge < -0.3 is 15.0 Å². The molecule has 0 fully saturated rings. The van der Waals surface area contributed by atoms with Crippen molar-refractivity contribution in [2.75, 3.05) is 26.2 Å². The van der Waals surface area contributed by atoms with E-state index in [0.717, 1.165) is 38.8 Å². The molecule has 2 atom stereocenters. The summed E-state index contributed by atoms with van der Waals surface area (Å²) < 4.78 is 5.78. The maximum Gasteiger partial charge on any atom is 0.305 e. The van der Waals surface area contributed by atoms with E-state index in [0.29, 0.717) is 30.9 Å². The first kappa shape index (κ1) is 64.9. The second-order valence-electron chi connectivity index (χ2n) is 21.3. The predicted molar refractivity (Wildman–Crippen MR) is 293 cm³/mol. The molecule has 0 saturated heterocycles. The van der Waals surface area contributed by atoms with E-state index in [1.54, 1.807) is 0 Å². The zero-order valence-electron chi connectivity index (χ0n) is 46.1. The molecule has 0 aliphatic heterocycles. The molecule has 1 amide bonds. The largest absolute Gasteiger partial charge is 0.465 e. The molecule has 0 aromatic rings. The summed E-state index contributed by atoms with van der Waals surface area (Å²) in [5.41, 5.74) is 0. The van der Waals surface area contributed by atoms with E-state index in [2.05, 4.69) is 44.8 Å². The lowest BCUT2D eigenvalue weighted by atomic mass is 9.96. The van der Waals surface area contributed by atoms with Gasteiger partial charge in [-0.2, -0.15) is 0 Å². The number of unbranched alkanes of at least 4 members (excludes halogenated alkanes) is 35. The van der Waals surface area contributed by atoms with Crippen molar-refractivity contribution in [1.82, 2.24) is 10.2 Å². The van der Waals surface area contributed by atoms with Crippen molar-refractivity contribution < 1.29 is 14.3 Å². The lowest BCUT2D eigenvalue weighted by Gasteiger charge is -2.23. The quantitative estimate of drug-likeness (QED) is 0.0488. The van der Waals surface area contributed by atoms with Gasteiger partial charge in [-0.25, -0.2) is 0 Å². The van der Waals surface area contributed by atoms with Crippen LogP contribution in [0.3, 0.4) is 0 Å². The minimum atomic E-state index is 0.0288. The van der Waals surface area contributed by atoms with Gasteiger partial charge in [0, 0.05) is 32.0 Å². The summed E-state index contributed by atoms with van der Waals surface area (Å²) in [6, 6.07) is 0.655. The summed E-state index contributed by atoms with van der Waals surface area (Å²) in [4.78, 5) is 28.2. The Hall–Kier alpha value is -1.10. The number of hydrogen-bond acceptors (Lipinski definition) is 4. The van der Waals surface area contributed by atoms with Crippen LogP contribution in [-0.2, 0) is 14.3 Å². The van der Waals surface area contributed by atoms with Gasteiger partial charge in [-0.15, -0.1) is 0 Å². The fourth-order valence-electron chi connectivity index (χ4n) is 9.99. The topological polar surface area (TPSA) is 58.6 Å². The lowest BCUT2D eigenvalue weighted by molar-refractivity contribution is -0.145. The van der Waals surface area contributed by atoms with Crippen molar-refractivity contribution in [3.63, 3.8) is 0 Å². The van der Waals surface area contributed by atoms with Gasteiger partial charge in [0.2, 0.25) is 5.91 Å².